The Labute approximate surface area is 151 Å². The highest BCUT2D eigenvalue weighted by molar-refractivity contribution is 5.97. The fourth-order valence-electron chi connectivity index (χ4n) is 2.48. The van der Waals surface area contributed by atoms with Crippen LogP contribution in [0.15, 0.2) is 84.4 Å². The molecule has 0 bridgehead atoms. The summed E-state index contributed by atoms with van der Waals surface area (Å²) in [5, 5.41) is 4.23. The van der Waals surface area contributed by atoms with E-state index in [-0.39, 0.29) is 24.1 Å². The van der Waals surface area contributed by atoms with E-state index in [1.807, 2.05) is 42.5 Å². The molecule has 0 spiro atoms. The molecule has 0 fully saturated rings. The zero-order chi connectivity index (χ0) is 18.2. The first-order valence-electron chi connectivity index (χ1n) is 8.22. The van der Waals surface area contributed by atoms with Crippen LogP contribution in [0.3, 0.4) is 0 Å². The molecular weight excluding hydrogens is 326 g/mol. The molecule has 0 saturated heterocycles. The maximum atomic E-state index is 12.6. The van der Waals surface area contributed by atoms with Gasteiger partial charge in [-0.2, -0.15) is 5.10 Å². The van der Waals surface area contributed by atoms with Gasteiger partial charge in [0.2, 0.25) is 0 Å². The van der Waals surface area contributed by atoms with E-state index in [1.165, 1.54) is 0 Å². The second kappa shape index (κ2) is 8.53. The number of carbonyl (C=O) groups excluding carboxylic acids is 1. The maximum absolute atomic E-state index is 12.6. The van der Waals surface area contributed by atoms with Crippen molar-refractivity contribution in [1.29, 1.82) is 0 Å². The highest BCUT2D eigenvalue weighted by Gasteiger charge is 2.17. The Kier molecular flexibility index (Phi) is 5.67. The van der Waals surface area contributed by atoms with Gasteiger partial charge in [0.1, 0.15) is 5.69 Å². The van der Waals surface area contributed by atoms with Crippen LogP contribution in [0.5, 0.6) is 0 Å². The molecule has 0 aliphatic carbocycles. The Morgan fingerprint density at radius 1 is 1.00 bits per heavy atom. The number of Topliss-reactive ketones (excluding diaryl/α,β-unsaturated/α-hetero) is 1. The monoisotopic (exact) mass is 345 g/mol. The van der Waals surface area contributed by atoms with Crippen molar-refractivity contribution in [2.75, 3.05) is 0 Å². The van der Waals surface area contributed by atoms with Crippen molar-refractivity contribution in [3.63, 3.8) is 0 Å². The van der Waals surface area contributed by atoms with Crippen LogP contribution in [-0.4, -0.2) is 21.6 Å². The predicted octanol–water partition coefficient (Wildman–Crippen LogP) is 2.70. The Balaban J connectivity index is 1.79. The van der Waals surface area contributed by atoms with Gasteiger partial charge in [-0.3, -0.25) is 14.8 Å². The minimum absolute atomic E-state index is 0.0199. The zero-order valence-electron chi connectivity index (χ0n) is 14.1. The summed E-state index contributed by atoms with van der Waals surface area (Å²) in [5.41, 5.74) is 11.1. The highest BCUT2D eigenvalue weighted by Crippen LogP contribution is 2.19. The summed E-state index contributed by atoms with van der Waals surface area (Å²) >= 11 is 0. The van der Waals surface area contributed by atoms with Crippen LogP contribution < -0.4 is 11.2 Å². The Bertz CT molecular complexity index is 866. The molecule has 130 valence electrons. The van der Waals surface area contributed by atoms with E-state index in [9.17, 15) is 4.79 Å². The number of nitrogens with one attached hydrogen (secondary N) is 1. The van der Waals surface area contributed by atoms with Crippen molar-refractivity contribution < 1.29 is 4.79 Å². The summed E-state index contributed by atoms with van der Waals surface area (Å²) in [6.45, 7) is 0. The molecule has 3 N–H and O–H groups in total. The molecule has 1 atom stereocenters. The Morgan fingerprint density at radius 3 is 2.42 bits per heavy atom. The van der Waals surface area contributed by atoms with Crippen LogP contribution in [0.2, 0.25) is 0 Å². The van der Waals surface area contributed by atoms with Crippen molar-refractivity contribution in [2.24, 2.45) is 10.8 Å². The Morgan fingerprint density at radius 2 is 1.73 bits per heavy atom. The van der Waals surface area contributed by atoms with Crippen LogP contribution in [-0.2, 0) is 0 Å². The van der Waals surface area contributed by atoms with Crippen LogP contribution in [0.1, 0.15) is 34.1 Å². The van der Waals surface area contributed by atoms with Crippen LogP contribution in [0, 0.1) is 0 Å². The van der Waals surface area contributed by atoms with Gasteiger partial charge in [-0.1, -0.05) is 36.4 Å². The van der Waals surface area contributed by atoms with Gasteiger partial charge in [-0.05, 0) is 29.8 Å². The number of amidine groups is 1. The summed E-state index contributed by atoms with van der Waals surface area (Å²) in [5.74, 6) is 0.281. The number of ketones is 1. The van der Waals surface area contributed by atoms with Crippen molar-refractivity contribution in [2.45, 2.75) is 12.5 Å². The molecule has 0 saturated carbocycles. The molecule has 3 rings (SSSR count). The first-order valence-corrected chi connectivity index (χ1v) is 8.22. The molecular formula is C20H19N5O. The molecule has 0 aliphatic rings. The van der Waals surface area contributed by atoms with E-state index in [0.717, 1.165) is 5.56 Å². The van der Waals surface area contributed by atoms with Gasteiger partial charge in [0.15, 0.2) is 11.6 Å². The zero-order valence-corrected chi connectivity index (χ0v) is 14.1. The molecule has 26 heavy (non-hydrogen) atoms. The number of pyridine rings is 2. The van der Waals surface area contributed by atoms with E-state index in [4.69, 9.17) is 5.73 Å². The first-order chi connectivity index (χ1) is 12.7. The summed E-state index contributed by atoms with van der Waals surface area (Å²) in [7, 11) is 0. The number of aromatic nitrogens is 2. The quantitative estimate of drug-likeness (QED) is 0.297. The summed E-state index contributed by atoms with van der Waals surface area (Å²) < 4.78 is 0. The lowest BCUT2D eigenvalue weighted by molar-refractivity contribution is 0.0968. The van der Waals surface area contributed by atoms with E-state index < -0.39 is 0 Å². The second-order valence-corrected chi connectivity index (χ2v) is 5.67. The molecule has 6 nitrogen and oxygen atoms in total. The predicted molar refractivity (Wildman–Crippen MR) is 100 cm³/mol. The summed E-state index contributed by atoms with van der Waals surface area (Å²) in [6.07, 6.45) is 5.26. The SMILES string of the molecule is N/C(=N\NC(CC(=O)c1ccccc1)c1ccncc1)c1ccccn1. The standard InChI is InChI=1S/C20H19N5O/c21-20(17-8-4-5-11-23-17)25-24-18(15-9-12-22-13-10-15)14-19(26)16-6-2-1-3-7-16/h1-13,18,24H,14H2,(H2,21,25). The summed E-state index contributed by atoms with van der Waals surface area (Å²) in [4.78, 5) is 20.8. The first kappa shape index (κ1) is 17.3. The van der Waals surface area contributed by atoms with Crippen LogP contribution in [0.4, 0.5) is 0 Å². The Hall–Kier alpha value is -3.54. The minimum Gasteiger partial charge on any atom is -0.380 e. The number of hydrazone groups is 1. The van der Waals surface area contributed by atoms with Crippen molar-refractivity contribution >= 4 is 11.6 Å². The molecule has 0 aliphatic heterocycles. The lowest BCUT2D eigenvalue weighted by Gasteiger charge is -2.17. The van der Waals surface area contributed by atoms with Gasteiger partial charge in [-0.25, -0.2) is 0 Å². The third-order valence-corrected chi connectivity index (χ3v) is 3.86. The van der Waals surface area contributed by atoms with Gasteiger partial charge in [0, 0.05) is 30.6 Å². The number of carbonyl (C=O) groups is 1. The number of nitrogens with zero attached hydrogens (tertiary/aromatic N) is 3. The van der Waals surface area contributed by atoms with Gasteiger partial charge >= 0.3 is 0 Å². The fourth-order valence-corrected chi connectivity index (χ4v) is 2.48. The second-order valence-electron chi connectivity index (χ2n) is 5.67. The lowest BCUT2D eigenvalue weighted by Crippen LogP contribution is -2.25. The average molecular weight is 345 g/mol. The minimum atomic E-state index is -0.326. The number of benzene rings is 1. The molecule has 3 aromatic rings. The van der Waals surface area contributed by atoms with Gasteiger partial charge < -0.3 is 11.2 Å². The topological polar surface area (TPSA) is 93.3 Å². The molecule has 1 aromatic carbocycles. The van der Waals surface area contributed by atoms with Crippen molar-refractivity contribution in [3.05, 3.63) is 96.1 Å². The molecule has 2 aromatic heterocycles. The van der Waals surface area contributed by atoms with E-state index in [0.29, 0.717) is 11.3 Å². The lowest BCUT2D eigenvalue weighted by atomic mass is 9.99. The van der Waals surface area contributed by atoms with E-state index in [1.54, 1.807) is 36.8 Å². The smallest absolute Gasteiger partial charge is 0.169 e. The summed E-state index contributed by atoms with van der Waals surface area (Å²) in [6, 6.07) is 18.0. The normalized spacial score (nSPS) is 12.4. The van der Waals surface area contributed by atoms with Gasteiger partial charge in [-0.15, -0.1) is 0 Å². The molecule has 0 radical (unpaired) electrons. The van der Waals surface area contributed by atoms with E-state index in [2.05, 4.69) is 20.5 Å². The van der Waals surface area contributed by atoms with Crippen molar-refractivity contribution in [1.82, 2.24) is 15.4 Å². The van der Waals surface area contributed by atoms with Crippen LogP contribution >= 0.6 is 0 Å². The molecule has 2 heterocycles. The maximum Gasteiger partial charge on any atom is 0.169 e. The van der Waals surface area contributed by atoms with E-state index >= 15 is 0 Å². The molecule has 0 amide bonds. The third kappa shape index (κ3) is 4.51. The molecule has 6 heteroatoms. The highest BCUT2D eigenvalue weighted by atomic mass is 16.1. The number of nitrogens with two attached hydrogens (primary N) is 1. The fraction of sp³-hybridized carbons (Fsp3) is 0.100. The average Bonchev–Trinajstić information content (AvgIpc) is 2.72. The largest absolute Gasteiger partial charge is 0.380 e. The number of hydrogen-bond donors (Lipinski definition) is 2. The number of hydrogen-bond acceptors (Lipinski definition) is 5. The number of rotatable bonds is 7. The van der Waals surface area contributed by atoms with Crippen molar-refractivity contribution in [3.8, 4) is 0 Å². The van der Waals surface area contributed by atoms with Gasteiger partial charge in [0.05, 0.1) is 6.04 Å². The molecule has 1 unspecified atom stereocenters. The van der Waals surface area contributed by atoms with Crippen LogP contribution in [0.25, 0.3) is 0 Å². The third-order valence-electron chi connectivity index (χ3n) is 3.86. The van der Waals surface area contributed by atoms with Gasteiger partial charge in [0.25, 0.3) is 0 Å².